The number of hydrogen-bond donors (Lipinski definition) is 2. The molecule has 26 heavy (non-hydrogen) atoms. The van der Waals surface area contributed by atoms with Crippen molar-refractivity contribution in [2.75, 3.05) is 25.5 Å². The third kappa shape index (κ3) is 4.19. The fourth-order valence-electron chi connectivity index (χ4n) is 2.66. The van der Waals surface area contributed by atoms with E-state index in [2.05, 4.69) is 10.6 Å². The molecule has 0 aromatic heterocycles. The van der Waals surface area contributed by atoms with Crippen LogP contribution in [0.3, 0.4) is 0 Å². The van der Waals surface area contributed by atoms with Gasteiger partial charge in [0.15, 0.2) is 0 Å². The lowest BCUT2D eigenvalue weighted by atomic mass is 10.1. The van der Waals surface area contributed by atoms with Crippen molar-refractivity contribution in [3.63, 3.8) is 0 Å². The zero-order valence-corrected chi connectivity index (χ0v) is 15.5. The maximum Gasteiger partial charge on any atom is 0.325 e. The lowest BCUT2D eigenvalue weighted by Crippen LogP contribution is -2.45. The standard InChI is InChI=1S/C18H24N4O4/c1-5-12-8-6-7-9-13(12)19-14(23)10-21(4)15(24)11-22-16(25)18(2,3)20-17(22)26/h6-9H,5,10-11H2,1-4H3,(H,19,23)(H,20,26). The minimum atomic E-state index is -1.03. The molecule has 0 aliphatic carbocycles. The van der Waals surface area contributed by atoms with Crippen molar-refractivity contribution in [3.05, 3.63) is 29.8 Å². The van der Waals surface area contributed by atoms with E-state index in [4.69, 9.17) is 0 Å². The van der Waals surface area contributed by atoms with Gasteiger partial charge < -0.3 is 15.5 Å². The van der Waals surface area contributed by atoms with E-state index >= 15 is 0 Å². The van der Waals surface area contributed by atoms with Crippen molar-refractivity contribution in [3.8, 4) is 0 Å². The minimum absolute atomic E-state index is 0.177. The molecule has 1 aromatic carbocycles. The van der Waals surface area contributed by atoms with Gasteiger partial charge in [-0.05, 0) is 31.9 Å². The van der Waals surface area contributed by atoms with Crippen molar-refractivity contribution in [2.45, 2.75) is 32.7 Å². The molecule has 1 aliphatic rings. The smallest absolute Gasteiger partial charge is 0.325 e. The Kier molecular flexibility index (Phi) is 5.64. The molecule has 5 amide bonds. The van der Waals surface area contributed by atoms with Gasteiger partial charge in [-0.25, -0.2) is 4.79 Å². The van der Waals surface area contributed by atoms with Gasteiger partial charge in [-0.3, -0.25) is 19.3 Å². The number of likely N-dealkylation sites (N-methyl/N-ethyl adjacent to an activating group) is 1. The monoisotopic (exact) mass is 360 g/mol. The SMILES string of the molecule is CCc1ccccc1NC(=O)CN(C)C(=O)CN1C(=O)NC(C)(C)C1=O. The van der Waals surface area contributed by atoms with Gasteiger partial charge in [0.05, 0.1) is 6.54 Å². The number of hydrogen-bond acceptors (Lipinski definition) is 4. The Bertz CT molecular complexity index is 744. The Morgan fingerprint density at radius 1 is 1.23 bits per heavy atom. The quantitative estimate of drug-likeness (QED) is 0.739. The largest absolute Gasteiger partial charge is 0.335 e. The predicted octanol–water partition coefficient (Wildman–Crippen LogP) is 0.976. The second-order valence-electron chi connectivity index (χ2n) is 6.76. The van der Waals surface area contributed by atoms with Crippen molar-refractivity contribution >= 4 is 29.4 Å². The second-order valence-corrected chi connectivity index (χ2v) is 6.76. The first-order chi connectivity index (χ1) is 12.2. The molecular formula is C18H24N4O4. The van der Waals surface area contributed by atoms with Gasteiger partial charge in [0.2, 0.25) is 11.8 Å². The maximum atomic E-state index is 12.3. The third-order valence-corrected chi connectivity index (χ3v) is 4.22. The molecule has 8 heteroatoms. The molecular weight excluding hydrogens is 336 g/mol. The maximum absolute atomic E-state index is 12.3. The minimum Gasteiger partial charge on any atom is -0.335 e. The van der Waals surface area contributed by atoms with Crippen LogP contribution in [0.2, 0.25) is 0 Å². The number of aryl methyl sites for hydroxylation is 1. The number of imide groups is 1. The summed E-state index contributed by atoms with van der Waals surface area (Å²) in [4.78, 5) is 50.5. The molecule has 2 rings (SSSR count). The molecule has 140 valence electrons. The molecule has 0 atom stereocenters. The van der Waals surface area contributed by atoms with Crippen LogP contribution >= 0.6 is 0 Å². The summed E-state index contributed by atoms with van der Waals surface area (Å²) in [5, 5.41) is 5.29. The fraction of sp³-hybridized carbons (Fsp3) is 0.444. The lowest BCUT2D eigenvalue weighted by molar-refractivity contribution is -0.138. The summed E-state index contributed by atoms with van der Waals surface area (Å²) in [5.74, 6) is -1.31. The zero-order chi connectivity index (χ0) is 19.5. The number of nitrogens with zero attached hydrogens (tertiary/aromatic N) is 2. The van der Waals surface area contributed by atoms with E-state index in [1.165, 1.54) is 11.9 Å². The summed E-state index contributed by atoms with van der Waals surface area (Å²) in [7, 11) is 1.46. The number of carbonyl (C=O) groups excluding carboxylic acids is 4. The summed E-state index contributed by atoms with van der Waals surface area (Å²) in [6.45, 7) is 4.55. The Morgan fingerprint density at radius 2 is 1.88 bits per heavy atom. The highest BCUT2D eigenvalue weighted by Crippen LogP contribution is 2.17. The lowest BCUT2D eigenvalue weighted by Gasteiger charge is -2.21. The van der Waals surface area contributed by atoms with Gasteiger partial charge in [0.25, 0.3) is 5.91 Å². The Labute approximate surface area is 152 Å². The number of urea groups is 1. The first-order valence-corrected chi connectivity index (χ1v) is 8.41. The van der Waals surface area contributed by atoms with Crippen molar-refractivity contribution in [2.24, 2.45) is 0 Å². The molecule has 2 N–H and O–H groups in total. The Hall–Kier alpha value is -2.90. The van der Waals surface area contributed by atoms with Gasteiger partial charge in [0.1, 0.15) is 12.1 Å². The summed E-state index contributed by atoms with van der Waals surface area (Å²) < 4.78 is 0. The highest BCUT2D eigenvalue weighted by molar-refractivity contribution is 6.08. The van der Waals surface area contributed by atoms with Gasteiger partial charge in [0, 0.05) is 12.7 Å². The average molecular weight is 360 g/mol. The summed E-state index contributed by atoms with van der Waals surface area (Å²) in [6, 6.07) is 6.83. The molecule has 1 fully saturated rings. The van der Waals surface area contributed by atoms with E-state index in [0.29, 0.717) is 5.69 Å². The van der Waals surface area contributed by atoms with Crippen LogP contribution < -0.4 is 10.6 Å². The number of para-hydroxylation sites is 1. The average Bonchev–Trinajstić information content (AvgIpc) is 2.76. The molecule has 1 aliphatic heterocycles. The van der Waals surface area contributed by atoms with E-state index in [-0.39, 0.29) is 12.5 Å². The van der Waals surface area contributed by atoms with Crippen molar-refractivity contribution < 1.29 is 19.2 Å². The van der Waals surface area contributed by atoms with Gasteiger partial charge >= 0.3 is 6.03 Å². The van der Waals surface area contributed by atoms with Crippen molar-refractivity contribution in [1.82, 2.24) is 15.1 Å². The first-order valence-electron chi connectivity index (χ1n) is 8.41. The summed E-state index contributed by atoms with van der Waals surface area (Å²) in [6.07, 6.45) is 0.771. The number of carbonyl (C=O) groups is 4. The Morgan fingerprint density at radius 3 is 2.46 bits per heavy atom. The second kappa shape index (κ2) is 7.55. The van der Waals surface area contributed by atoms with Crippen molar-refractivity contribution in [1.29, 1.82) is 0 Å². The number of rotatable bonds is 6. The van der Waals surface area contributed by atoms with Gasteiger partial charge in [-0.15, -0.1) is 0 Å². The highest BCUT2D eigenvalue weighted by Gasteiger charge is 2.45. The number of benzene rings is 1. The third-order valence-electron chi connectivity index (χ3n) is 4.22. The topological polar surface area (TPSA) is 98.8 Å². The fourth-order valence-corrected chi connectivity index (χ4v) is 2.66. The van der Waals surface area contributed by atoms with Crippen LogP contribution in [0.1, 0.15) is 26.3 Å². The molecule has 1 heterocycles. The van der Waals surface area contributed by atoms with Crippen LogP contribution in [-0.4, -0.2) is 59.2 Å². The first kappa shape index (κ1) is 19.4. The van der Waals surface area contributed by atoms with Crippen LogP contribution in [0.15, 0.2) is 24.3 Å². The van der Waals surface area contributed by atoms with E-state index in [1.54, 1.807) is 19.9 Å². The van der Waals surface area contributed by atoms with Gasteiger partial charge in [-0.2, -0.15) is 0 Å². The highest BCUT2D eigenvalue weighted by atomic mass is 16.2. The van der Waals surface area contributed by atoms with E-state index in [9.17, 15) is 19.2 Å². The molecule has 0 spiro atoms. The molecule has 0 bridgehead atoms. The van der Waals surface area contributed by atoms with Crippen LogP contribution in [0.25, 0.3) is 0 Å². The number of nitrogens with one attached hydrogen (secondary N) is 2. The molecule has 0 saturated carbocycles. The normalized spacial score (nSPS) is 15.6. The van der Waals surface area contributed by atoms with E-state index in [1.807, 2.05) is 25.1 Å². The Balaban J connectivity index is 1.93. The molecule has 1 aromatic rings. The zero-order valence-electron chi connectivity index (χ0n) is 15.5. The molecule has 0 unspecified atom stereocenters. The predicted molar refractivity (Wildman–Crippen MR) is 96.4 cm³/mol. The summed E-state index contributed by atoms with van der Waals surface area (Å²) >= 11 is 0. The molecule has 1 saturated heterocycles. The number of anilines is 1. The molecule has 8 nitrogen and oxygen atoms in total. The van der Waals surface area contributed by atoms with Crippen LogP contribution in [0, 0.1) is 0 Å². The molecule has 0 radical (unpaired) electrons. The number of amides is 5. The van der Waals surface area contributed by atoms with Gasteiger partial charge in [-0.1, -0.05) is 25.1 Å². The van der Waals surface area contributed by atoms with E-state index in [0.717, 1.165) is 16.9 Å². The summed E-state index contributed by atoms with van der Waals surface area (Å²) in [5.41, 5.74) is 0.671. The van der Waals surface area contributed by atoms with Crippen LogP contribution in [0.5, 0.6) is 0 Å². The van der Waals surface area contributed by atoms with Crippen LogP contribution in [-0.2, 0) is 20.8 Å². The van der Waals surface area contributed by atoms with E-state index < -0.39 is 29.9 Å². The van der Waals surface area contributed by atoms with Crippen LogP contribution in [0.4, 0.5) is 10.5 Å².